The summed E-state index contributed by atoms with van der Waals surface area (Å²) in [6.45, 7) is 1.91. The minimum atomic E-state index is -0.372. The van der Waals surface area contributed by atoms with E-state index in [9.17, 15) is 4.79 Å². The number of hydrogen-bond donors (Lipinski definition) is 1. The number of carbonyl (C=O) groups is 1. The van der Waals surface area contributed by atoms with Crippen LogP contribution in [0, 0.1) is 6.92 Å². The Morgan fingerprint density at radius 2 is 2.00 bits per heavy atom. The summed E-state index contributed by atoms with van der Waals surface area (Å²) >= 11 is 0. The third-order valence-corrected chi connectivity index (χ3v) is 3.13. The van der Waals surface area contributed by atoms with E-state index in [-0.39, 0.29) is 11.6 Å². The van der Waals surface area contributed by atoms with Gasteiger partial charge in [0.15, 0.2) is 0 Å². The molecule has 0 saturated heterocycles. The van der Waals surface area contributed by atoms with Crippen LogP contribution in [-0.2, 0) is 0 Å². The molecular formula is C17H15N5O. The number of aryl methyl sites for hydroxylation is 1. The van der Waals surface area contributed by atoms with Gasteiger partial charge in [0.2, 0.25) is 0 Å². The maximum Gasteiger partial charge on any atom is 0.291 e. The van der Waals surface area contributed by atoms with Gasteiger partial charge in [-0.2, -0.15) is 5.10 Å². The van der Waals surface area contributed by atoms with Gasteiger partial charge in [-0.1, -0.05) is 36.4 Å². The van der Waals surface area contributed by atoms with Gasteiger partial charge in [-0.25, -0.2) is 15.4 Å². The monoisotopic (exact) mass is 305 g/mol. The molecule has 0 aliphatic rings. The average Bonchev–Trinajstić information content (AvgIpc) is 3.06. The number of rotatable bonds is 4. The average molecular weight is 305 g/mol. The maximum absolute atomic E-state index is 12.0. The van der Waals surface area contributed by atoms with E-state index >= 15 is 0 Å². The summed E-state index contributed by atoms with van der Waals surface area (Å²) < 4.78 is 1.70. The first kappa shape index (κ1) is 14.6. The first-order valence-electron chi connectivity index (χ1n) is 7.09. The molecule has 3 rings (SSSR count). The molecular weight excluding hydrogens is 290 g/mol. The molecule has 114 valence electrons. The van der Waals surface area contributed by atoms with Crippen LogP contribution in [0.4, 0.5) is 0 Å². The number of benzene rings is 1. The zero-order valence-corrected chi connectivity index (χ0v) is 12.5. The Hall–Kier alpha value is -3.28. The molecule has 1 N–H and O–H groups in total. The predicted octanol–water partition coefficient (Wildman–Crippen LogP) is 2.34. The molecule has 2 heterocycles. The maximum atomic E-state index is 12.0. The Morgan fingerprint density at radius 3 is 2.78 bits per heavy atom. The lowest BCUT2D eigenvalue weighted by Gasteiger charge is -2.00. The molecule has 23 heavy (non-hydrogen) atoms. The Morgan fingerprint density at radius 1 is 1.17 bits per heavy atom. The van der Waals surface area contributed by atoms with Crippen molar-refractivity contribution in [3.63, 3.8) is 0 Å². The molecule has 0 saturated carbocycles. The van der Waals surface area contributed by atoms with Crippen LogP contribution in [0.3, 0.4) is 0 Å². The molecule has 6 heteroatoms. The highest BCUT2D eigenvalue weighted by molar-refractivity contribution is 5.93. The van der Waals surface area contributed by atoms with E-state index in [0.717, 1.165) is 11.3 Å². The standard InChI is InChI=1S/C17H15N5O/c1-13-6-5-9-16(20-13)22-11-15(18-12-22)17(23)21-19-10-14-7-3-2-4-8-14/h2-12H,1H3,(H,21,23)/b19-10-. The fourth-order valence-electron chi connectivity index (χ4n) is 2.00. The molecule has 1 amide bonds. The SMILES string of the molecule is Cc1cccc(-n2cnc(C(=O)N/N=C\c3ccccc3)c2)n1. The second kappa shape index (κ2) is 6.65. The van der Waals surface area contributed by atoms with E-state index < -0.39 is 0 Å². The summed E-state index contributed by atoms with van der Waals surface area (Å²) in [5.41, 5.74) is 4.54. The summed E-state index contributed by atoms with van der Waals surface area (Å²) in [7, 11) is 0. The molecule has 0 aliphatic carbocycles. The normalized spacial score (nSPS) is 10.8. The largest absolute Gasteiger partial charge is 0.291 e. The van der Waals surface area contributed by atoms with Gasteiger partial charge < -0.3 is 0 Å². The van der Waals surface area contributed by atoms with Crippen LogP contribution in [0.15, 0.2) is 66.2 Å². The summed E-state index contributed by atoms with van der Waals surface area (Å²) in [6, 6.07) is 15.2. The Balaban J connectivity index is 1.68. The third kappa shape index (κ3) is 3.68. The molecule has 6 nitrogen and oxygen atoms in total. The number of imidazole rings is 1. The van der Waals surface area contributed by atoms with E-state index in [0.29, 0.717) is 5.82 Å². The van der Waals surface area contributed by atoms with Crippen molar-refractivity contribution in [2.75, 3.05) is 0 Å². The fourth-order valence-corrected chi connectivity index (χ4v) is 2.00. The molecule has 0 radical (unpaired) electrons. The van der Waals surface area contributed by atoms with Crippen molar-refractivity contribution in [1.29, 1.82) is 0 Å². The molecule has 0 bridgehead atoms. The van der Waals surface area contributed by atoms with Gasteiger partial charge in [0.25, 0.3) is 5.91 Å². The highest BCUT2D eigenvalue weighted by atomic mass is 16.2. The van der Waals surface area contributed by atoms with Crippen molar-refractivity contribution in [3.05, 3.63) is 78.0 Å². The number of pyridine rings is 1. The summed E-state index contributed by atoms with van der Waals surface area (Å²) in [4.78, 5) is 20.5. The van der Waals surface area contributed by atoms with Gasteiger partial charge in [-0.05, 0) is 24.6 Å². The number of hydrazone groups is 1. The molecule has 0 unspecified atom stereocenters. The third-order valence-electron chi connectivity index (χ3n) is 3.13. The number of aromatic nitrogens is 3. The predicted molar refractivity (Wildman–Crippen MR) is 87.6 cm³/mol. The van der Waals surface area contributed by atoms with Crippen LogP contribution in [0.25, 0.3) is 5.82 Å². The minimum Gasteiger partial charge on any atom is -0.290 e. The van der Waals surface area contributed by atoms with Crippen molar-refractivity contribution in [1.82, 2.24) is 20.0 Å². The second-order valence-electron chi connectivity index (χ2n) is 4.91. The van der Waals surface area contributed by atoms with E-state index in [1.807, 2.05) is 55.5 Å². The molecule has 0 atom stereocenters. The molecule has 0 spiro atoms. The van der Waals surface area contributed by atoms with Crippen LogP contribution >= 0.6 is 0 Å². The van der Waals surface area contributed by atoms with Gasteiger partial charge >= 0.3 is 0 Å². The van der Waals surface area contributed by atoms with Crippen molar-refractivity contribution in [2.45, 2.75) is 6.92 Å². The lowest BCUT2D eigenvalue weighted by atomic mass is 10.2. The number of carbonyl (C=O) groups excluding carboxylic acids is 1. The van der Waals surface area contributed by atoms with Crippen LogP contribution in [0.2, 0.25) is 0 Å². The van der Waals surface area contributed by atoms with E-state index in [2.05, 4.69) is 20.5 Å². The smallest absolute Gasteiger partial charge is 0.290 e. The molecule has 0 aliphatic heterocycles. The number of nitrogens with zero attached hydrogens (tertiary/aromatic N) is 4. The Labute approximate surface area is 133 Å². The van der Waals surface area contributed by atoms with Gasteiger partial charge in [-0.3, -0.25) is 9.36 Å². The Kier molecular flexibility index (Phi) is 4.24. The lowest BCUT2D eigenvalue weighted by molar-refractivity contribution is 0.0950. The minimum absolute atomic E-state index is 0.276. The van der Waals surface area contributed by atoms with Crippen molar-refractivity contribution < 1.29 is 4.79 Å². The lowest BCUT2D eigenvalue weighted by Crippen LogP contribution is -2.18. The van der Waals surface area contributed by atoms with Gasteiger partial charge in [0, 0.05) is 11.9 Å². The summed E-state index contributed by atoms with van der Waals surface area (Å²) in [5.74, 6) is 0.341. The van der Waals surface area contributed by atoms with Crippen molar-refractivity contribution in [2.24, 2.45) is 5.10 Å². The number of nitrogens with one attached hydrogen (secondary N) is 1. The second-order valence-corrected chi connectivity index (χ2v) is 4.91. The van der Waals surface area contributed by atoms with Gasteiger partial charge in [-0.15, -0.1) is 0 Å². The molecule has 2 aromatic heterocycles. The van der Waals surface area contributed by atoms with E-state index in [1.165, 1.54) is 0 Å². The quantitative estimate of drug-likeness (QED) is 0.594. The Bertz CT molecular complexity index is 839. The zero-order valence-electron chi connectivity index (χ0n) is 12.5. The van der Waals surface area contributed by atoms with Crippen molar-refractivity contribution >= 4 is 12.1 Å². The van der Waals surface area contributed by atoms with Crippen LogP contribution in [0.5, 0.6) is 0 Å². The fraction of sp³-hybridized carbons (Fsp3) is 0.0588. The highest BCUT2D eigenvalue weighted by Crippen LogP contribution is 2.06. The highest BCUT2D eigenvalue weighted by Gasteiger charge is 2.09. The molecule has 3 aromatic rings. The van der Waals surface area contributed by atoms with Crippen LogP contribution in [-0.4, -0.2) is 26.7 Å². The summed E-state index contributed by atoms with van der Waals surface area (Å²) in [6.07, 6.45) is 4.75. The summed E-state index contributed by atoms with van der Waals surface area (Å²) in [5, 5.41) is 3.92. The van der Waals surface area contributed by atoms with E-state index in [1.54, 1.807) is 23.3 Å². The van der Waals surface area contributed by atoms with Crippen LogP contribution < -0.4 is 5.43 Å². The zero-order chi connectivity index (χ0) is 16.1. The first-order chi connectivity index (χ1) is 11.2. The topological polar surface area (TPSA) is 72.2 Å². The van der Waals surface area contributed by atoms with Gasteiger partial charge in [0.1, 0.15) is 17.8 Å². The van der Waals surface area contributed by atoms with Crippen molar-refractivity contribution in [3.8, 4) is 5.82 Å². The van der Waals surface area contributed by atoms with Crippen LogP contribution in [0.1, 0.15) is 21.7 Å². The molecule has 1 aromatic carbocycles. The first-order valence-corrected chi connectivity index (χ1v) is 7.09. The van der Waals surface area contributed by atoms with Gasteiger partial charge in [0.05, 0.1) is 6.21 Å². The number of amides is 1. The molecule has 0 fully saturated rings. The van der Waals surface area contributed by atoms with E-state index in [4.69, 9.17) is 0 Å². The number of hydrogen-bond acceptors (Lipinski definition) is 4.